The summed E-state index contributed by atoms with van der Waals surface area (Å²) in [6.45, 7) is 3.00. The van der Waals surface area contributed by atoms with E-state index < -0.39 is 5.92 Å². The monoisotopic (exact) mass is 423 g/mol. The van der Waals surface area contributed by atoms with E-state index in [-0.39, 0.29) is 23.1 Å². The Morgan fingerprint density at radius 1 is 1.29 bits per heavy atom. The quantitative estimate of drug-likeness (QED) is 0.787. The van der Waals surface area contributed by atoms with Crippen molar-refractivity contribution in [3.8, 4) is 23.3 Å². The molecule has 162 valence electrons. The van der Waals surface area contributed by atoms with Crippen LogP contribution in [0.5, 0.6) is 17.2 Å². The van der Waals surface area contributed by atoms with Crippen LogP contribution in [0.25, 0.3) is 0 Å². The van der Waals surface area contributed by atoms with Gasteiger partial charge < -0.3 is 29.2 Å². The van der Waals surface area contributed by atoms with E-state index in [9.17, 15) is 10.1 Å². The molecule has 3 heterocycles. The van der Waals surface area contributed by atoms with Crippen LogP contribution in [0, 0.1) is 18.3 Å². The van der Waals surface area contributed by atoms with Gasteiger partial charge in [0.05, 0.1) is 38.3 Å². The molecule has 2 aliphatic heterocycles. The Balaban J connectivity index is 1.94. The Labute approximate surface area is 180 Å². The van der Waals surface area contributed by atoms with Gasteiger partial charge in [-0.2, -0.15) is 5.26 Å². The Kier molecular flexibility index (Phi) is 5.61. The molecule has 0 radical (unpaired) electrons. The molecule has 1 fully saturated rings. The smallest absolute Gasteiger partial charge is 0.258 e. The summed E-state index contributed by atoms with van der Waals surface area (Å²) in [7, 11) is 3.09. The number of hydrogen-bond acceptors (Lipinski definition) is 7. The van der Waals surface area contributed by atoms with Gasteiger partial charge in [-0.25, -0.2) is 0 Å². The number of rotatable bonds is 5. The van der Waals surface area contributed by atoms with E-state index >= 15 is 0 Å². The summed E-state index contributed by atoms with van der Waals surface area (Å²) in [6.07, 6.45) is 1.87. The molecular formula is C23H25N3O5. The van der Waals surface area contributed by atoms with Crippen LogP contribution in [0.3, 0.4) is 0 Å². The zero-order chi connectivity index (χ0) is 22.1. The van der Waals surface area contributed by atoms with Gasteiger partial charge in [-0.05, 0) is 38.0 Å². The molecule has 0 saturated carbocycles. The van der Waals surface area contributed by atoms with Crippen molar-refractivity contribution in [3.63, 3.8) is 0 Å². The van der Waals surface area contributed by atoms with Gasteiger partial charge in [-0.1, -0.05) is 0 Å². The van der Waals surface area contributed by atoms with Gasteiger partial charge in [0.25, 0.3) is 5.56 Å². The number of nitrogens with two attached hydrogens (primary N) is 1. The van der Waals surface area contributed by atoms with E-state index in [1.807, 2.05) is 6.92 Å². The van der Waals surface area contributed by atoms with Crippen molar-refractivity contribution in [3.05, 3.63) is 62.9 Å². The molecule has 8 heteroatoms. The number of methoxy groups -OCH3 is 2. The molecule has 2 aliphatic rings. The van der Waals surface area contributed by atoms with E-state index in [1.165, 1.54) is 7.11 Å². The van der Waals surface area contributed by atoms with Crippen LogP contribution in [-0.2, 0) is 11.3 Å². The Morgan fingerprint density at radius 3 is 2.74 bits per heavy atom. The maximum Gasteiger partial charge on any atom is 0.258 e. The minimum atomic E-state index is -0.748. The molecule has 1 saturated heterocycles. The molecule has 1 aromatic heterocycles. The molecule has 2 aromatic rings. The van der Waals surface area contributed by atoms with Gasteiger partial charge in [-0.3, -0.25) is 4.79 Å². The van der Waals surface area contributed by atoms with Crippen LogP contribution in [0.2, 0.25) is 0 Å². The first-order valence-corrected chi connectivity index (χ1v) is 10.1. The topological polar surface area (TPSA) is 109 Å². The van der Waals surface area contributed by atoms with Crippen molar-refractivity contribution in [2.75, 3.05) is 20.8 Å². The molecule has 8 nitrogen and oxygen atoms in total. The third-order valence-electron chi connectivity index (χ3n) is 5.85. The van der Waals surface area contributed by atoms with E-state index in [0.29, 0.717) is 41.5 Å². The molecule has 0 aliphatic carbocycles. The predicted molar refractivity (Wildman–Crippen MR) is 113 cm³/mol. The number of aromatic nitrogens is 1. The van der Waals surface area contributed by atoms with Gasteiger partial charge in [0.2, 0.25) is 5.88 Å². The van der Waals surface area contributed by atoms with Gasteiger partial charge in [0, 0.05) is 23.9 Å². The average Bonchev–Trinajstić information content (AvgIpc) is 3.28. The van der Waals surface area contributed by atoms with E-state index in [4.69, 9.17) is 24.7 Å². The fourth-order valence-corrected chi connectivity index (χ4v) is 4.28. The zero-order valence-corrected chi connectivity index (χ0v) is 17.8. The van der Waals surface area contributed by atoms with Crippen molar-refractivity contribution in [1.82, 2.24) is 4.57 Å². The summed E-state index contributed by atoms with van der Waals surface area (Å²) in [5.74, 6) is 0.664. The second kappa shape index (κ2) is 8.36. The summed E-state index contributed by atoms with van der Waals surface area (Å²) in [6, 6.07) is 9.17. The van der Waals surface area contributed by atoms with E-state index in [0.717, 1.165) is 18.5 Å². The summed E-state index contributed by atoms with van der Waals surface area (Å²) >= 11 is 0. The lowest BCUT2D eigenvalue weighted by molar-refractivity contribution is 0.0954. The summed E-state index contributed by atoms with van der Waals surface area (Å²) in [5, 5.41) is 9.88. The van der Waals surface area contributed by atoms with E-state index in [2.05, 4.69) is 6.07 Å². The van der Waals surface area contributed by atoms with Gasteiger partial charge in [0.15, 0.2) is 0 Å². The third-order valence-corrected chi connectivity index (χ3v) is 5.85. The Morgan fingerprint density at radius 2 is 2.10 bits per heavy atom. The predicted octanol–water partition coefficient (Wildman–Crippen LogP) is 2.57. The molecule has 0 bridgehead atoms. The number of nitriles is 1. The highest BCUT2D eigenvalue weighted by Gasteiger charge is 2.36. The van der Waals surface area contributed by atoms with Crippen molar-refractivity contribution in [2.24, 2.45) is 5.73 Å². The van der Waals surface area contributed by atoms with Gasteiger partial charge >= 0.3 is 0 Å². The van der Waals surface area contributed by atoms with Crippen molar-refractivity contribution >= 4 is 0 Å². The first kappa shape index (κ1) is 20.8. The molecular weight excluding hydrogens is 398 g/mol. The Bertz CT molecular complexity index is 1140. The van der Waals surface area contributed by atoms with Crippen LogP contribution in [-0.4, -0.2) is 31.5 Å². The average molecular weight is 423 g/mol. The summed E-state index contributed by atoms with van der Waals surface area (Å²) in [4.78, 5) is 13.7. The first-order chi connectivity index (χ1) is 15.0. The summed E-state index contributed by atoms with van der Waals surface area (Å²) < 4.78 is 24.1. The zero-order valence-electron chi connectivity index (χ0n) is 17.8. The normalized spacial score (nSPS) is 20.1. The third kappa shape index (κ3) is 3.62. The number of aryl methyl sites for hydroxylation is 1. The molecule has 2 atom stereocenters. The van der Waals surface area contributed by atoms with Crippen LogP contribution in [0.15, 0.2) is 40.5 Å². The number of fused-ring (bicyclic) bond motifs is 1. The lowest BCUT2D eigenvalue weighted by Crippen LogP contribution is -2.35. The Hall–Kier alpha value is -3.44. The minimum Gasteiger partial charge on any atom is -0.497 e. The van der Waals surface area contributed by atoms with Crippen LogP contribution >= 0.6 is 0 Å². The SMILES string of the molecule is COc1ccc(OC)c([C@H]2C(C#N)=C(N)Oc3cc(C)n(C[C@@H]4CCCO4)c(=O)c32)c1. The number of allylic oxidation sites excluding steroid dienone is 1. The highest BCUT2D eigenvalue weighted by atomic mass is 16.5. The molecule has 4 rings (SSSR count). The summed E-state index contributed by atoms with van der Waals surface area (Å²) in [5.41, 5.74) is 7.71. The van der Waals surface area contributed by atoms with Crippen molar-refractivity contribution in [1.29, 1.82) is 5.26 Å². The highest BCUT2D eigenvalue weighted by Crippen LogP contribution is 2.44. The van der Waals surface area contributed by atoms with Crippen molar-refractivity contribution in [2.45, 2.75) is 38.3 Å². The van der Waals surface area contributed by atoms with Gasteiger partial charge in [0.1, 0.15) is 28.9 Å². The molecule has 0 amide bonds. The number of nitrogens with zero attached hydrogens (tertiary/aromatic N) is 2. The maximum atomic E-state index is 13.7. The first-order valence-electron chi connectivity index (χ1n) is 10.1. The van der Waals surface area contributed by atoms with Gasteiger partial charge in [-0.15, -0.1) is 0 Å². The fourth-order valence-electron chi connectivity index (χ4n) is 4.28. The standard InChI is InChI=1S/C23H25N3O5/c1-13-9-19-21(23(27)26(13)12-15-5-4-8-30-15)20(17(11-24)22(25)31-19)16-10-14(28-2)6-7-18(16)29-3/h6-7,9-10,15,20H,4-5,8,12,25H2,1-3H3/t15-,20-/m0/s1. The van der Waals surface area contributed by atoms with Crippen LogP contribution in [0.4, 0.5) is 0 Å². The molecule has 2 N–H and O–H groups in total. The van der Waals surface area contributed by atoms with Crippen molar-refractivity contribution < 1.29 is 18.9 Å². The number of pyridine rings is 1. The lowest BCUT2D eigenvalue weighted by atomic mass is 9.83. The lowest BCUT2D eigenvalue weighted by Gasteiger charge is -2.28. The molecule has 0 spiro atoms. The second-order valence-corrected chi connectivity index (χ2v) is 7.65. The van der Waals surface area contributed by atoms with Crippen LogP contribution < -0.4 is 25.5 Å². The van der Waals surface area contributed by atoms with E-state index in [1.54, 1.807) is 35.9 Å². The number of hydrogen-bond donors (Lipinski definition) is 1. The number of benzene rings is 1. The fraction of sp³-hybridized carbons (Fsp3) is 0.391. The maximum absolute atomic E-state index is 13.7. The molecule has 31 heavy (non-hydrogen) atoms. The molecule has 1 aromatic carbocycles. The number of ether oxygens (including phenoxy) is 4. The highest BCUT2D eigenvalue weighted by molar-refractivity contribution is 5.59. The second-order valence-electron chi connectivity index (χ2n) is 7.65. The molecule has 0 unspecified atom stereocenters. The van der Waals surface area contributed by atoms with Crippen LogP contribution in [0.1, 0.15) is 35.6 Å². The minimum absolute atomic E-state index is 0.0141. The largest absolute Gasteiger partial charge is 0.497 e.